The Morgan fingerprint density at radius 3 is 1.42 bits per heavy atom. The van der Waals surface area contributed by atoms with Gasteiger partial charge in [0.25, 0.3) is 0 Å². The first-order chi connectivity index (χ1) is 33.4. The van der Waals surface area contributed by atoms with Gasteiger partial charge in [-0.05, 0) is 74.3 Å². The Morgan fingerprint density at radius 1 is 0.375 bits per heavy atom. The van der Waals surface area contributed by atoms with E-state index in [2.05, 4.69) is 132 Å². The summed E-state index contributed by atoms with van der Waals surface area (Å²) in [6.45, 7) is 0. The first-order valence-electron chi connectivity index (χ1n) is 23.7. The molecular weight excluding hydrogens is 793 g/mol. The van der Waals surface area contributed by atoms with Crippen LogP contribution in [0.15, 0.2) is 247 Å². The van der Waals surface area contributed by atoms with Crippen LogP contribution in [0.5, 0.6) is 0 Å². The number of rotatable bonds is 7. The van der Waals surface area contributed by atoms with E-state index in [1.807, 2.05) is 95.6 Å². The molecule has 0 atom stereocenters. The SMILES string of the molecule is [2H]c1c([2H])c([Si](c2ccccc2)(c2ccccc2)c2ccc(-c3ccccc3)cc2)c([2H])c([2H])c1-n1c2ccccc2c2cc(-n3c4ccccc4c4ccccc43)c3oc4ccccc4c3c21. The van der Waals surface area contributed by atoms with Crippen molar-refractivity contribution in [3.05, 3.63) is 243 Å². The second-order valence-electron chi connectivity index (χ2n) is 16.5. The van der Waals surface area contributed by atoms with Crippen LogP contribution in [-0.4, -0.2) is 17.2 Å². The second kappa shape index (κ2) is 14.5. The van der Waals surface area contributed by atoms with E-state index in [1.165, 1.54) is 0 Å². The Hall–Kier alpha value is -8.18. The lowest BCUT2D eigenvalue weighted by Crippen LogP contribution is -2.74. The van der Waals surface area contributed by atoms with Gasteiger partial charge in [-0.15, -0.1) is 0 Å². The molecule has 0 unspecified atom stereocenters. The third-order valence-electron chi connectivity index (χ3n) is 13.1. The number of para-hydroxylation sites is 4. The van der Waals surface area contributed by atoms with E-state index < -0.39 is 8.07 Å². The van der Waals surface area contributed by atoms with Gasteiger partial charge in [0.2, 0.25) is 0 Å². The molecule has 0 aliphatic heterocycles. The van der Waals surface area contributed by atoms with Crippen molar-refractivity contribution >= 4 is 94.4 Å². The van der Waals surface area contributed by atoms with Gasteiger partial charge in [-0.1, -0.05) is 200 Å². The van der Waals surface area contributed by atoms with E-state index in [4.69, 9.17) is 4.42 Å². The number of furan rings is 1. The maximum Gasteiger partial charge on any atom is 0.179 e. The molecule has 3 nitrogen and oxygen atoms in total. The third kappa shape index (κ3) is 5.33. The maximum absolute atomic E-state index is 10.3. The van der Waals surface area contributed by atoms with Crippen LogP contribution >= 0.6 is 0 Å². The van der Waals surface area contributed by atoms with Crippen molar-refractivity contribution in [1.82, 2.24) is 9.13 Å². The third-order valence-corrected chi connectivity index (χ3v) is 17.7. The van der Waals surface area contributed by atoms with Gasteiger partial charge in [-0.2, -0.15) is 0 Å². The van der Waals surface area contributed by atoms with Crippen molar-refractivity contribution in [2.24, 2.45) is 0 Å². The van der Waals surface area contributed by atoms with Gasteiger partial charge in [0.05, 0.1) is 38.6 Å². The molecular formula is C60H40N2OSi. The molecule has 0 saturated carbocycles. The number of hydrogen-bond donors (Lipinski definition) is 0. The van der Waals surface area contributed by atoms with Crippen molar-refractivity contribution in [1.29, 1.82) is 0 Å². The molecule has 3 aromatic heterocycles. The Kier molecular flexibility index (Phi) is 7.34. The van der Waals surface area contributed by atoms with Crippen LogP contribution in [0.25, 0.3) is 88.1 Å². The first-order valence-corrected chi connectivity index (χ1v) is 23.7. The fourth-order valence-corrected chi connectivity index (χ4v) is 14.8. The average Bonchev–Trinajstić information content (AvgIpc) is 4.06. The summed E-state index contributed by atoms with van der Waals surface area (Å²) in [5, 5.41) is 9.14. The smallest absolute Gasteiger partial charge is 0.179 e. The molecule has 0 aliphatic rings. The first kappa shape index (κ1) is 32.5. The van der Waals surface area contributed by atoms with E-state index in [0.717, 1.165) is 86.8 Å². The highest BCUT2D eigenvalue weighted by molar-refractivity contribution is 7.19. The average molecular weight is 837 g/mol. The zero-order valence-electron chi connectivity index (χ0n) is 38.6. The largest absolute Gasteiger partial charge is 0.454 e. The molecule has 13 aromatic rings. The van der Waals surface area contributed by atoms with Gasteiger partial charge in [0, 0.05) is 32.6 Å². The predicted octanol–water partition coefficient (Wildman–Crippen LogP) is 12.8. The highest BCUT2D eigenvalue weighted by atomic mass is 28.3. The standard InChI is InChI=1S/C60H40N2OSi/c1-4-18-41(19-5-1)42-32-36-46(37-33-42)64(44-20-6-2-7-21-44,45-22-8-3-9-23-45)47-38-34-43(35-39-47)61-53-28-14-12-26-50(53)52-40-56(60-58(59(52)61)51-27-13-17-31-57(51)63-60)62-54-29-15-10-24-48(54)49-25-11-16-30-55(49)62/h1-40H/i34D,35D,38D,39D. The fraction of sp³-hybridized carbons (Fsp3) is 0. The molecule has 0 spiro atoms. The molecule has 0 aliphatic carbocycles. The number of aromatic nitrogens is 2. The van der Waals surface area contributed by atoms with Gasteiger partial charge < -0.3 is 13.6 Å². The molecule has 300 valence electrons. The highest BCUT2D eigenvalue weighted by Crippen LogP contribution is 2.45. The molecule has 0 bridgehead atoms. The Labute approximate surface area is 376 Å². The molecule has 0 radical (unpaired) electrons. The molecule has 64 heavy (non-hydrogen) atoms. The van der Waals surface area contributed by atoms with Crippen LogP contribution in [0.1, 0.15) is 5.48 Å². The van der Waals surface area contributed by atoms with Crippen LogP contribution in [0.3, 0.4) is 0 Å². The van der Waals surface area contributed by atoms with Crippen molar-refractivity contribution in [3.63, 3.8) is 0 Å². The normalized spacial score (nSPS) is 12.9. The topological polar surface area (TPSA) is 23.0 Å². The number of hydrogen-bond acceptors (Lipinski definition) is 1. The monoisotopic (exact) mass is 836 g/mol. The zero-order chi connectivity index (χ0) is 45.7. The summed E-state index contributed by atoms with van der Waals surface area (Å²) in [5.41, 5.74) is 8.21. The van der Waals surface area contributed by atoms with Gasteiger partial charge >= 0.3 is 0 Å². The Balaban J connectivity index is 1.14. The molecule has 13 rings (SSSR count). The van der Waals surface area contributed by atoms with E-state index >= 15 is 0 Å². The molecule has 10 aromatic carbocycles. The van der Waals surface area contributed by atoms with Crippen LogP contribution in [0.4, 0.5) is 0 Å². The lowest BCUT2D eigenvalue weighted by atomic mass is 10.1. The van der Waals surface area contributed by atoms with E-state index in [9.17, 15) is 5.48 Å². The summed E-state index contributed by atoms with van der Waals surface area (Å²) in [5.74, 6) is 0. The summed E-state index contributed by atoms with van der Waals surface area (Å²) in [6.07, 6.45) is 0. The van der Waals surface area contributed by atoms with Crippen molar-refractivity contribution in [3.8, 4) is 22.5 Å². The molecule has 0 amide bonds. The molecule has 3 heterocycles. The van der Waals surface area contributed by atoms with Crippen LogP contribution in [-0.2, 0) is 0 Å². The van der Waals surface area contributed by atoms with Gasteiger partial charge in [-0.25, -0.2) is 0 Å². The van der Waals surface area contributed by atoms with Gasteiger partial charge in [0.1, 0.15) is 5.58 Å². The molecule has 0 N–H and O–H groups in total. The fourth-order valence-electron chi connectivity index (χ4n) is 10.4. The predicted molar refractivity (Wildman–Crippen MR) is 271 cm³/mol. The number of benzene rings is 10. The van der Waals surface area contributed by atoms with Crippen molar-refractivity contribution in [2.75, 3.05) is 0 Å². The lowest BCUT2D eigenvalue weighted by Gasteiger charge is -2.34. The molecule has 0 saturated heterocycles. The van der Waals surface area contributed by atoms with E-state index in [-0.39, 0.29) is 29.9 Å². The zero-order valence-corrected chi connectivity index (χ0v) is 35.6. The molecule has 4 heteroatoms. The van der Waals surface area contributed by atoms with Crippen LogP contribution in [0, 0.1) is 0 Å². The van der Waals surface area contributed by atoms with Gasteiger partial charge in [0.15, 0.2) is 13.7 Å². The second-order valence-corrected chi connectivity index (χ2v) is 20.2. The maximum atomic E-state index is 10.3. The number of nitrogens with zero attached hydrogens (tertiary/aromatic N) is 2. The summed E-state index contributed by atoms with van der Waals surface area (Å²) in [6, 6.07) is 74.0. The summed E-state index contributed by atoms with van der Waals surface area (Å²) in [7, 11) is -3.59. The molecule has 0 fully saturated rings. The van der Waals surface area contributed by atoms with Crippen LogP contribution in [0.2, 0.25) is 0 Å². The van der Waals surface area contributed by atoms with E-state index in [1.54, 1.807) is 0 Å². The van der Waals surface area contributed by atoms with Crippen molar-refractivity contribution < 1.29 is 9.90 Å². The minimum atomic E-state index is -3.59. The summed E-state index contributed by atoms with van der Waals surface area (Å²) < 4.78 is 52.4. The van der Waals surface area contributed by atoms with E-state index in [0.29, 0.717) is 16.4 Å². The number of fused-ring (bicyclic) bond motifs is 10. The lowest BCUT2D eigenvalue weighted by molar-refractivity contribution is 0.666. The Bertz CT molecular complexity index is 4000. The summed E-state index contributed by atoms with van der Waals surface area (Å²) in [4.78, 5) is 0. The van der Waals surface area contributed by atoms with Crippen molar-refractivity contribution in [2.45, 2.75) is 0 Å². The minimum Gasteiger partial charge on any atom is -0.454 e. The minimum absolute atomic E-state index is 0.0614. The quantitative estimate of drug-likeness (QED) is 0.116. The van der Waals surface area contributed by atoms with Crippen LogP contribution < -0.4 is 20.7 Å². The highest BCUT2D eigenvalue weighted by Gasteiger charge is 2.41. The van der Waals surface area contributed by atoms with Gasteiger partial charge in [-0.3, -0.25) is 0 Å². The Morgan fingerprint density at radius 2 is 0.828 bits per heavy atom. The summed E-state index contributed by atoms with van der Waals surface area (Å²) >= 11 is 0.